The molecule has 0 aliphatic heterocycles. The molecule has 0 unspecified atom stereocenters. The quantitative estimate of drug-likeness (QED) is 0.566. The highest BCUT2D eigenvalue weighted by atomic mass is 15.0. The molecule has 0 amide bonds. The van der Waals surface area contributed by atoms with E-state index in [-0.39, 0.29) is 0 Å². The van der Waals surface area contributed by atoms with Crippen LogP contribution in [0.2, 0.25) is 0 Å². The van der Waals surface area contributed by atoms with Crippen molar-refractivity contribution in [2.45, 2.75) is 33.1 Å². The number of hydrogen-bond donors (Lipinski definition) is 1. The van der Waals surface area contributed by atoms with Gasteiger partial charge in [-0.1, -0.05) is 43.0 Å². The van der Waals surface area contributed by atoms with Gasteiger partial charge in [0.15, 0.2) is 0 Å². The number of hydrogen-bond acceptors (Lipinski definition) is 1. The molecule has 0 atom stereocenters. The monoisotopic (exact) mass is 280 g/mol. The van der Waals surface area contributed by atoms with E-state index in [0.717, 1.165) is 18.0 Å². The first-order valence-electron chi connectivity index (χ1n) is 7.46. The van der Waals surface area contributed by atoms with Crippen LogP contribution in [0.4, 0.5) is 0 Å². The molecule has 0 saturated heterocycles. The molecule has 1 N–H and O–H groups in total. The first kappa shape index (κ1) is 15.3. The molecule has 21 heavy (non-hydrogen) atoms. The number of allylic oxidation sites excluding steroid dienone is 8. The van der Waals surface area contributed by atoms with Gasteiger partial charge in [0.25, 0.3) is 0 Å². The summed E-state index contributed by atoms with van der Waals surface area (Å²) in [4.78, 5) is 4.30. The van der Waals surface area contributed by atoms with Crippen LogP contribution in [0.15, 0.2) is 77.1 Å². The van der Waals surface area contributed by atoms with E-state index in [9.17, 15) is 0 Å². The molecule has 110 valence electrons. The van der Waals surface area contributed by atoms with Gasteiger partial charge in [-0.05, 0) is 56.3 Å². The summed E-state index contributed by atoms with van der Waals surface area (Å²) in [6.07, 6.45) is 15.7. The molecule has 2 aliphatic carbocycles. The van der Waals surface area contributed by atoms with Crippen LogP contribution >= 0.6 is 0 Å². The van der Waals surface area contributed by atoms with E-state index in [1.54, 1.807) is 6.20 Å². The molecule has 2 nitrogen and oxygen atoms in total. The van der Waals surface area contributed by atoms with E-state index in [1.807, 2.05) is 0 Å². The summed E-state index contributed by atoms with van der Waals surface area (Å²) in [6.45, 7) is 12.0. The van der Waals surface area contributed by atoms with Crippen molar-refractivity contribution >= 4 is 5.84 Å². The first-order chi connectivity index (χ1) is 10.1. The van der Waals surface area contributed by atoms with Crippen molar-refractivity contribution in [1.29, 1.82) is 0 Å². The van der Waals surface area contributed by atoms with Gasteiger partial charge in [-0.25, -0.2) is 4.99 Å². The standard InChI is InChI=1S/C19H24N2/c1-5-20-19(21-15(4)18-10-11-18)13-17-8-6-16(7-9-17)12-14(2)3/h5-8,12-13,18H,1,4,9-11H2,2-3H3,(H,20,21)/b17-13-. The predicted molar refractivity (Wildman–Crippen MR) is 92.0 cm³/mol. The minimum Gasteiger partial charge on any atom is -0.344 e. The van der Waals surface area contributed by atoms with Crippen LogP contribution in [0.5, 0.6) is 0 Å². The Morgan fingerprint density at radius 2 is 2.10 bits per heavy atom. The van der Waals surface area contributed by atoms with E-state index in [2.05, 4.69) is 67.7 Å². The fraction of sp³-hybridized carbons (Fsp3) is 0.316. The van der Waals surface area contributed by atoms with E-state index >= 15 is 0 Å². The molecule has 0 aromatic rings. The fourth-order valence-electron chi connectivity index (χ4n) is 2.20. The molecule has 2 heteroatoms. The van der Waals surface area contributed by atoms with Gasteiger partial charge < -0.3 is 5.32 Å². The molecule has 0 radical (unpaired) electrons. The van der Waals surface area contributed by atoms with E-state index in [4.69, 9.17) is 0 Å². The van der Waals surface area contributed by atoms with E-state index in [1.165, 1.54) is 29.6 Å². The first-order valence-corrected chi connectivity index (χ1v) is 7.46. The normalized spacial score (nSPS) is 20.0. The number of rotatable bonds is 5. The molecule has 0 aromatic carbocycles. The second-order valence-corrected chi connectivity index (χ2v) is 5.80. The Morgan fingerprint density at radius 3 is 2.62 bits per heavy atom. The van der Waals surface area contributed by atoms with Crippen LogP contribution < -0.4 is 5.32 Å². The molecule has 0 bridgehead atoms. The van der Waals surface area contributed by atoms with Gasteiger partial charge in [-0.15, -0.1) is 0 Å². The molecule has 1 saturated carbocycles. The predicted octanol–water partition coefficient (Wildman–Crippen LogP) is 4.82. The van der Waals surface area contributed by atoms with Gasteiger partial charge in [-0.2, -0.15) is 0 Å². The minimum atomic E-state index is 0.615. The van der Waals surface area contributed by atoms with Crippen LogP contribution in [-0.4, -0.2) is 5.84 Å². The third kappa shape index (κ3) is 5.07. The van der Waals surface area contributed by atoms with Crippen molar-refractivity contribution < 1.29 is 0 Å². The van der Waals surface area contributed by atoms with Crippen molar-refractivity contribution in [1.82, 2.24) is 5.32 Å². The van der Waals surface area contributed by atoms with Gasteiger partial charge in [-0.3, -0.25) is 0 Å². The molecule has 2 aliphatic rings. The van der Waals surface area contributed by atoms with Gasteiger partial charge >= 0.3 is 0 Å². The highest BCUT2D eigenvalue weighted by molar-refractivity contribution is 5.95. The zero-order chi connectivity index (χ0) is 15.2. The molecule has 1 fully saturated rings. The maximum atomic E-state index is 4.30. The minimum absolute atomic E-state index is 0.615. The van der Waals surface area contributed by atoms with Crippen LogP contribution in [0.25, 0.3) is 0 Å². The van der Waals surface area contributed by atoms with Gasteiger partial charge in [0, 0.05) is 11.9 Å². The van der Waals surface area contributed by atoms with Crippen molar-refractivity contribution in [2.24, 2.45) is 10.9 Å². The lowest BCUT2D eigenvalue weighted by Gasteiger charge is -2.11. The Bertz CT molecular complexity index is 575. The van der Waals surface area contributed by atoms with E-state index < -0.39 is 0 Å². The zero-order valence-corrected chi connectivity index (χ0v) is 13.0. The maximum Gasteiger partial charge on any atom is 0.130 e. The van der Waals surface area contributed by atoms with Crippen molar-refractivity contribution in [3.05, 3.63) is 72.2 Å². The maximum absolute atomic E-state index is 4.30. The Balaban J connectivity index is 2.03. The fourth-order valence-corrected chi connectivity index (χ4v) is 2.20. The van der Waals surface area contributed by atoms with Crippen LogP contribution in [0.1, 0.15) is 33.1 Å². The Hall–Kier alpha value is -2.09. The number of nitrogens with one attached hydrogen (secondary N) is 1. The highest BCUT2D eigenvalue weighted by Gasteiger charge is 2.24. The van der Waals surface area contributed by atoms with Crippen molar-refractivity contribution in [2.75, 3.05) is 0 Å². The second kappa shape index (κ2) is 7.07. The molecule has 0 heterocycles. The third-order valence-electron chi connectivity index (χ3n) is 3.43. The lowest BCUT2D eigenvalue weighted by atomic mass is 10.0. The molecule has 2 rings (SSSR count). The smallest absolute Gasteiger partial charge is 0.130 e. The summed E-state index contributed by atoms with van der Waals surface area (Å²) in [5, 5.41) is 3.31. The summed E-state index contributed by atoms with van der Waals surface area (Å²) in [6, 6.07) is 0. The SMILES string of the molecule is C=CN=C(/C=C1/C=CC(C=C(C)C)=CC1)NC(=C)C1CC1. The number of nitrogens with zero attached hydrogens (tertiary/aromatic N) is 1. The Kier molecular flexibility index (Phi) is 5.15. The average molecular weight is 280 g/mol. The topological polar surface area (TPSA) is 24.4 Å². The third-order valence-corrected chi connectivity index (χ3v) is 3.43. The van der Waals surface area contributed by atoms with Crippen LogP contribution in [0, 0.1) is 5.92 Å². The van der Waals surface area contributed by atoms with Gasteiger partial charge in [0.1, 0.15) is 5.84 Å². The van der Waals surface area contributed by atoms with Gasteiger partial charge in [0.2, 0.25) is 0 Å². The Morgan fingerprint density at radius 1 is 1.33 bits per heavy atom. The highest BCUT2D eigenvalue weighted by Crippen LogP contribution is 2.34. The number of aliphatic imine (C=N–C) groups is 1. The summed E-state index contributed by atoms with van der Waals surface area (Å²) in [5.74, 6) is 1.44. The van der Waals surface area contributed by atoms with Crippen LogP contribution in [-0.2, 0) is 0 Å². The molecule has 0 aromatic heterocycles. The van der Waals surface area contributed by atoms with Gasteiger partial charge in [0.05, 0.1) is 0 Å². The van der Waals surface area contributed by atoms with E-state index in [0.29, 0.717) is 5.92 Å². The van der Waals surface area contributed by atoms with Crippen molar-refractivity contribution in [3.63, 3.8) is 0 Å². The Labute approximate surface area is 128 Å². The molecule has 0 spiro atoms. The summed E-state index contributed by atoms with van der Waals surface area (Å²) in [7, 11) is 0. The number of amidine groups is 1. The molecular formula is C19H24N2. The summed E-state index contributed by atoms with van der Waals surface area (Å²) < 4.78 is 0. The average Bonchev–Trinajstić information content (AvgIpc) is 3.25. The zero-order valence-electron chi connectivity index (χ0n) is 13.0. The van der Waals surface area contributed by atoms with Crippen molar-refractivity contribution in [3.8, 4) is 0 Å². The molecular weight excluding hydrogens is 256 g/mol. The lowest BCUT2D eigenvalue weighted by molar-refractivity contribution is 0.917. The van der Waals surface area contributed by atoms with Crippen LogP contribution in [0.3, 0.4) is 0 Å². The second-order valence-electron chi connectivity index (χ2n) is 5.80. The lowest BCUT2D eigenvalue weighted by Crippen LogP contribution is -2.21. The summed E-state index contributed by atoms with van der Waals surface area (Å²) in [5.41, 5.74) is 4.88. The summed E-state index contributed by atoms with van der Waals surface area (Å²) >= 11 is 0. The largest absolute Gasteiger partial charge is 0.344 e.